The van der Waals surface area contributed by atoms with Crippen molar-refractivity contribution >= 4 is 15.9 Å². The van der Waals surface area contributed by atoms with E-state index in [-0.39, 0.29) is 11.8 Å². The van der Waals surface area contributed by atoms with Gasteiger partial charge in [-0.05, 0) is 34.1 Å². The van der Waals surface area contributed by atoms with Crippen LogP contribution in [-0.2, 0) is 11.3 Å². The lowest BCUT2D eigenvalue weighted by Gasteiger charge is -2.07. The van der Waals surface area contributed by atoms with E-state index in [1.807, 2.05) is 0 Å². The van der Waals surface area contributed by atoms with Gasteiger partial charge in [-0.2, -0.15) is 0 Å². The van der Waals surface area contributed by atoms with Crippen molar-refractivity contribution in [1.82, 2.24) is 15.3 Å². The molecule has 0 aliphatic carbocycles. The maximum Gasteiger partial charge on any atom is 0.321 e. The molecule has 0 fully saturated rings. The zero-order chi connectivity index (χ0) is 15.1. The monoisotopic (exact) mass is 355 g/mol. The second-order valence-electron chi connectivity index (χ2n) is 4.22. The van der Waals surface area contributed by atoms with Gasteiger partial charge in [0.05, 0.1) is 11.1 Å². The second kappa shape index (κ2) is 8.02. The highest BCUT2D eigenvalue weighted by atomic mass is 79.9. The quantitative estimate of drug-likeness (QED) is 0.774. The highest BCUT2D eigenvalue weighted by molar-refractivity contribution is 9.10. The van der Waals surface area contributed by atoms with Crippen LogP contribution in [0, 0.1) is 5.82 Å². The molecule has 0 saturated carbocycles. The van der Waals surface area contributed by atoms with E-state index >= 15 is 0 Å². The van der Waals surface area contributed by atoms with Crippen molar-refractivity contribution in [2.24, 2.45) is 0 Å². The first kappa shape index (κ1) is 15.8. The molecule has 0 radical (unpaired) electrons. The van der Waals surface area contributed by atoms with Crippen LogP contribution in [0.25, 0.3) is 0 Å². The second-order valence-corrected chi connectivity index (χ2v) is 5.07. The average Bonchev–Trinajstić information content (AvgIpc) is 2.48. The lowest BCUT2D eigenvalue weighted by Crippen LogP contribution is -2.18. The number of halogens is 2. The first-order chi connectivity index (χ1) is 10.2. The topological polar surface area (TPSA) is 56.3 Å². The Labute approximate surface area is 130 Å². The van der Waals surface area contributed by atoms with Gasteiger partial charge in [-0.3, -0.25) is 0 Å². The fourth-order valence-corrected chi connectivity index (χ4v) is 1.98. The Morgan fingerprint density at radius 3 is 2.71 bits per heavy atom. The molecule has 0 aliphatic heterocycles. The van der Waals surface area contributed by atoms with Crippen molar-refractivity contribution in [2.45, 2.75) is 6.54 Å². The summed E-state index contributed by atoms with van der Waals surface area (Å²) >= 11 is 3.23. The largest absolute Gasteiger partial charge is 0.423 e. The molecule has 5 nitrogen and oxygen atoms in total. The molecule has 0 spiro atoms. The Morgan fingerprint density at radius 2 is 2.05 bits per heavy atom. The summed E-state index contributed by atoms with van der Waals surface area (Å²) in [7, 11) is 1.66. The SMILES string of the molecule is COCCNCc1cnc(Oc2ccc(F)cc2Br)nc1. The minimum absolute atomic E-state index is 0.211. The summed E-state index contributed by atoms with van der Waals surface area (Å²) in [5.41, 5.74) is 0.941. The average molecular weight is 356 g/mol. The van der Waals surface area contributed by atoms with Gasteiger partial charge in [0.1, 0.15) is 11.6 Å². The maximum absolute atomic E-state index is 13.0. The highest BCUT2D eigenvalue weighted by Gasteiger charge is 2.06. The van der Waals surface area contributed by atoms with E-state index in [0.29, 0.717) is 23.4 Å². The molecule has 1 heterocycles. The number of nitrogens with one attached hydrogen (secondary N) is 1. The summed E-state index contributed by atoms with van der Waals surface area (Å²) in [4.78, 5) is 8.23. The van der Waals surface area contributed by atoms with Crippen LogP contribution >= 0.6 is 15.9 Å². The van der Waals surface area contributed by atoms with E-state index in [2.05, 4.69) is 31.2 Å². The first-order valence-electron chi connectivity index (χ1n) is 6.32. The Hall–Kier alpha value is -1.57. The number of methoxy groups -OCH3 is 1. The predicted octanol–water partition coefficient (Wildman–Crippen LogP) is 2.91. The number of benzene rings is 1. The van der Waals surface area contributed by atoms with E-state index in [1.54, 1.807) is 19.5 Å². The lowest BCUT2D eigenvalue weighted by molar-refractivity contribution is 0.199. The Morgan fingerprint density at radius 1 is 1.29 bits per heavy atom. The molecule has 1 aromatic heterocycles. The first-order valence-corrected chi connectivity index (χ1v) is 7.12. The standard InChI is InChI=1S/C14H15BrFN3O2/c1-20-5-4-17-7-10-8-18-14(19-9-10)21-13-3-2-11(16)6-12(13)15/h2-3,6,8-9,17H,4-5,7H2,1H3. The molecular formula is C14H15BrFN3O2. The Kier molecular flexibility index (Phi) is 6.04. The highest BCUT2D eigenvalue weighted by Crippen LogP contribution is 2.28. The maximum atomic E-state index is 13.0. The van der Waals surface area contributed by atoms with Crippen molar-refractivity contribution in [1.29, 1.82) is 0 Å². The van der Waals surface area contributed by atoms with Gasteiger partial charge in [0, 0.05) is 38.2 Å². The summed E-state index contributed by atoms with van der Waals surface area (Å²) in [6.45, 7) is 2.07. The van der Waals surface area contributed by atoms with Crippen LogP contribution < -0.4 is 10.1 Å². The van der Waals surface area contributed by atoms with Crippen LogP contribution in [0.4, 0.5) is 4.39 Å². The summed E-state index contributed by atoms with van der Waals surface area (Å²) in [5, 5.41) is 3.19. The van der Waals surface area contributed by atoms with E-state index < -0.39 is 0 Å². The van der Waals surface area contributed by atoms with E-state index in [4.69, 9.17) is 9.47 Å². The van der Waals surface area contributed by atoms with Crippen LogP contribution in [0.3, 0.4) is 0 Å². The molecule has 0 atom stereocenters. The van der Waals surface area contributed by atoms with E-state index in [9.17, 15) is 4.39 Å². The van der Waals surface area contributed by atoms with Gasteiger partial charge < -0.3 is 14.8 Å². The number of hydrogen-bond acceptors (Lipinski definition) is 5. The molecule has 2 aromatic rings. The normalized spacial score (nSPS) is 10.6. The molecule has 0 unspecified atom stereocenters. The van der Waals surface area contributed by atoms with Gasteiger partial charge in [0.15, 0.2) is 0 Å². The third-order valence-electron chi connectivity index (χ3n) is 2.59. The number of nitrogens with zero attached hydrogens (tertiary/aromatic N) is 2. The summed E-state index contributed by atoms with van der Waals surface area (Å²) < 4.78 is 23.9. The Bertz CT molecular complexity index is 581. The van der Waals surface area contributed by atoms with Crippen molar-refractivity contribution in [3.63, 3.8) is 0 Å². The number of aromatic nitrogens is 2. The summed E-state index contributed by atoms with van der Waals surface area (Å²) in [6, 6.07) is 4.36. The van der Waals surface area contributed by atoms with Crippen molar-refractivity contribution in [3.8, 4) is 11.8 Å². The van der Waals surface area contributed by atoms with Gasteiger partial charge >= 0.3 is 6.01 Å². The molecule has 0 saturated heterocycles. The van der Waals surface area contributed by atoms with Gasteiger partial charge in [0.2, 0.25) is 0 Å². The van der Waals surface area contributed by atoms with Crippen LogP contribution in [0.5, 0.6) is 11.8 Å². The molecule has 7 heteroatoms. The lowest BCUT2D eigenvalue weighted by atomic mass is 10.3. The van der Waals surface area contributed by atoms with E-state index in [0.717, 1.165) is 12.1 Å². The molecule has 1 aromatic carbocycles. The van der Waals surface area contributed by atoms with Gasteiger partial charge in [-0.25, -0.2) is 14.4 Å². The van der Waals surface area contributed by atoms with Crippen LogP contribution in [0.1, 0.15) is 5.56 Å². The summed E-state index contributed by atoms with van der Waals surface area (Å²) in [5.74, 6) is 0.120. The molecule has 0 aliphatic rings. The fourth-order valence-electron chi connectivity index (χ4n) is 1.55. The minimum atomic E-state index is -0.340. The predicted molar refractivity (Wildman–Crippen MR) is 79.8 cm³/mol. The fraction of sp³-hybridized carbons (Fsp3) is 0.286. The van der Waals surface area contributed by atoms with Crippen molar-refractivity contribution in [2.75, 3.05) is 20.3 Å². The zero-order valence-electron chi connectivity index (χ0n) is 11.5. The zero-order valence-corrected chi connectivity index (χ0v) is 13.1. The molecule has 21 heavy (non-hydrogen) atoms. The third-order valence-corrected chi connectivity index (χ3v) is 3.21. The molecule has 0 bridgehead atoms. The van der Waals surface area contributed by atoms with Gasteiger partial charge in [-0.15, -0.1) is 0 Å². The molecular weight excluding hydrogens is 341 g/mol. The third kappa shape index (κ3) is 5.04. The van der Waals surface area contributed by atoms with Crippen LogP contribution in [0.2, 0.25) is 0 Å². The number of ether oxygens (including phenoxy) is 2. The van der Waals surface area contributed by atoms with Crippen molar-refractivity contribution < 1.29 is 13.9 Å². The van der Waals surface area contributed by atoms with Crippen LogP contribution in [-0.4, -0.2) is 30.2 Å². The number of rotatable bonds is 7. The van der Waals surface area contributed by atoms with Crippen molar-refractivity contribution in [3.05, 3.63) is 46.4 Å². The number of hydrogen-bond donors (Lipinski definition) is 1. The Balaban J connectivity index is 1.92. The molecule has 1 N–H and O–H groups in total. The van der Waals surface area contributed by atoms with Gasteiger partial charge in [0.25, 0.3) is 0 Å². The summed E-state index contributed by atoms with van der Waals surface area (Å²) in [6.07, 6.45) is 3.36. The minimum Gasteiger partial charge on any atom is -0.423 e. The molecule has 2 rings (SSSR count). The van der Waals surface area contributed by atoms with E-state index in [1.165, 1.54) is 18.2 Å². The van der Waals surface area contributed by atoms with Gasteiger partial charge in [-0.1, -0.05) is 0 Å². The smallest absolute Gasteiger partial charge is 0.321 e. The van der Waals surface area contributed by atoms with Crippen LogP contribution in [0.15, 0.2) is 35.1 Å². The molecule has 0 amide bonds. The molecule has 112 valence electrons.